The van der Waals surface area contributed by atoms with Gasteiger partial charge in [0.05, 0.1) is 6.10 Å². The highest BCUT2D eigenvalue weighted by Gasteiger charge is 2.50. The van der Waals surface area contributed by atoms with Gasteiger partial charge in [0.15, 0.2) is 23.3 Å². The number of unbranched alkanes of at least 4 members (excludes halogenated alkanes) is 36. The molecule has 3 N–H and O–H groups in total. The SMILES string of the molecule is CCCCCCCC/C=C\CCCCCCCC(=O)C(O)(C(O)CCCCCCCCCCCCCCCC)C(O)C(=O)CCCCCCCCCCCCCCC. The molecule has 58 heavy (non-hydrogen) atoms. The van der Waals surface area contributed by atoms with Gasteiger partial charge >= 0.3 is 0 Å². The van der Waals surface area contributed by atoms with E-state index >= 15 is 0 Å². The van der Waals surface area contributed by atoms with Crippen LogP contribution in [0.25, 0.3) is 0 Å². The van der Waals surface area contributed by atoms with Crippen LogP contribution < -0.4 is 0 Å². The Labute approximate surface area is 362 Å². The van der Waals surface area contributed by atoms with Crippen LogP contribution in [-0.2, 0) is 9.59 Å². The second-order valence-electron chi connectivity index (χ2n) is 18.3. The van der Waals surface area contributed by atoms with Crippen molar-refractivity contribution >= 4 is 11.6 Å². The molecule has 0 aliphatic rings. The lowest BCUT2D eigenvalue weighted by Crippen LogP contribution is -2.60. The molecule has 0 bridgehead atoms. The van der Waals surface area contributed by atoms with E-state index in [4.69, 9.17) is 0 Å². The fourth-order valence-electron chi connectivity index (χ4n) is 8.53. The number of hydrogen-bond acceptors (Lipinski definition) is 5. The first-order valence-corrected chi connectivity index (χ1v) is 26.2. The van der Waals surface area contributed by atoms with Crippen LogP contribution >= 0.6 is 0 Å². The van der Waals surface area contributed by atoms with Crippen LogP contribution in [0.3, 0.4) is 0 Å². The summed E-state index contributed by atoms with van der Waals surface area (Å²) >= 11 is 0. The number of allylic oxidation sites excluding steroid dienone is 2. The lowest BCUT2D eigenvalue weighted by molar-refractivity contribution is -0.179. The third-order valence-electron chi connectivity index (χ3n) is 12.7. The Hall–Kier alpha value is -1.04. The van der Waals surface area contributed by atoms with E-state index in [0.717, 1.165) is 70.6 Å². The molecular weight excluding hydrogens is 717 g/mol. The second kappa shape index (κ2) is 44.0. The Bertz CT molecular complexity index is 901. The fraction of sp³-hybridized carbons (Fsp3) is 0.925. The number of carbonyl (C=O) groups excluding carboxylic acids is 2. The Kier molecular flexibility index (Phi) is 43.2. The maximum absolute atomic E-state index is 13.6. The third kappa shape index (κ3) is 33.7. The van der Waals surface area contributed by atoms with Crippen LogP contribution in [0.4, 0.5) is 0 Å². The molecule has 0 aliphatic heterocycles. The minimum atomic E-state index is -2.43. The highest BCUT2D eigenvalue weighted by Crippen LogP contribution is 2.27. The number of ketones is 2. The van der Waals surface area contributed by atoms with E-state index in [1.807, 2.05) is 0 Å². The lowest BCUT2D eigenvalue weighted by atomic mass is 9.79. The highest BCUT2D eigenvalue weighted by molar-refractivity contribution is 5.96. The van der Waals surface area contributed by atoms with E-state index in [2.05, 4.69) is 32.9 Å². The molecule has 5 nitrogen and oxygen atoms in total. The van der Waals surface area contributed by atoms with Gasteiger partial charge in [-0.1, -0.05) is 251 Å². The number of carbonyl (C=O) groups is 2. The molecule has 0 saturated carbocycles. The minimum absolute atomic E-state index is 0.0769. The monoisotopic (exact) mass is 819 g/mol. The third-order valence-corrected chi connectivity index (χ3v) is 12.7. The Morgan fingerprint density at radius 3 is 1.02 bits per heavy atom. The number of aliphatic hydroxyl groups excluding tert-OH is 2. The summed E-state index contributed by atoms with van der Waals surface area (Å²) < 4.78 is 0. The van der Waals surface area contributed by atoms with Crippen molar-refractivity contribution in [3.63, 3.8) is 0 Å². The van der Waals surface area contributed by atoms with Crippen LogP contribution in [0.2, 0.25) is 0 Å². The second-order valence-corrected chi connectivity index (χ2v) is 18.3. The molecule has 0 heterocycles. The number of rotatable bonds is 48. The molecule has 0 spiro atoms. The van der Waals surface area contributed by atoms with Crippen LogP contribution in [-0.4, -0.2) is 44.7 Å². The maximum Gasteiger partial charge on any atom is 0.181 e. The summed E-state index contributed by atoms with van der Waals surface area (Å²) in [5, 5.41) is 34.2. The van der Waals surface area contributed by atoms with E-state index in [-0.39, 0.29) is 19.3 Å². The quantitative estimate of drug-likeness (QED) is 0.0420. The molecule has 5 heteroatoms. The number of Topliss-reactive ketones (excluding diaryl/α,β-unsaturated/α-hetero) is 2. The van der Waals surface area contributed by atoms with Gasteiger partial charge in [-0.05, 0) is 44.9 Å². The van der Waals surface area contributed by atoms with Crippen molar-refractivity contribution in [2.45, 2.75) is 315 Å². The van der Waals surface area contributed by atoms with E-state index in [0.29, 0.717) is 19.3 Å². The van der Waals surface area contributed by atoms with Gasteiger partial charge in [-0.3, -0.25) is 9.59 Å². The molecule has 0 amide bonds. The summed E-state index contributed by atoms with van der Waals surface area (Å²) in [5.41, 5.74) is -2.43. The van der Waals surface area contributed by atoms with E-state index in [1.54, 1.807) is 0 Å². The van der Waals surface area contributed by atoms with Crippen LogP contribution in [0.1, 0.15) is 297 Å². The van der Waals surface area contributed by atoms with E-state index < -0.39 is 29.4 Å². The van der Waals surface area contributed by atoms with Crippen molar-refractivity contribution < 1.29 is 24.9 Å². The summed E-state index contributed by atoms with van der Waals surface area (Å²) in [6.07, 6.45) is 49.4. The number of hydrogen-bond donors (Lipinski definition) is 3. The highest BCUT2D eigenvalue weighted by atomic mass is 16.4. The Morgan fingerprint density at radius 2 is 0.672 bits per heavy atom. The largest absolute Gasteiger partial charge is 0.390 e. The standard InChI is InChI=1S/C53H102O5/c1-4-7-10-13-16-19-22-25-27-30-33-36-39-42-45-48-51(56)53(58,50(55)47-44-41-38-35-32-29-26-23-20-17-14-11-8-5-2)52(57)49(54)46-43-40-37-34-31-28-24-21-18-15-12-9-6-3/h25,27,50,52,55,57-58H,4-24,26,28-48H2,1-3H3/b27-25-. The summed E-state index contributed by atoms with van der Waals surface area (Å²) in [4.78, 5) is 26.8. The lowest BCUT2D eigenvalue weighted by Gasteiger charge is -2.35. The smallest absolute Gasteiger partial charge is 0.181 e. The van der Waals surface area contributed by atoms with E-state index in [1.165, 1.54) is 167 Å². The van der Waals surface area contributed by atoms with Gasteiger partial charge in [-0.25, -0.2) is 0 Å². The van der Waals surface area contributed by atoms with Crippen molar-refractivity contribution in [1.82, 2.24) is 0 Å². The topological polar surface area (TPSA) is 94.8 Å². The molecule has 3 unspecified atom stereocenters. The van der Waals surface area contributed by atoms with E-state index in [9.17, 15) is 24.9 Å². The molecule has 0 aromatic heterocycles. The molecule has 0 fully saturated rings. The molecule has 0 aliphatic carbocycles. The molecule has 0 aromatic rings. The molecular formula is C53H102O5. The number of aliphatic hydroxyl groups is 3. The summed E-state index contributed by atoms with van der Waals surface area (Å²) in [7, 11) is 0. The van der Waals surface area contributed by atoms with Gasteiger partial charge < -0.3 is 15.3 Å². The van der Waals surface area contributed by atoms with Crippen LogP contribution in [0.5, 0.6) is 0 Å². The average Bonchev–Trinajstić information content (AvgIpc) is 3.23. The van der Waals surface area contributed by atoms with Crippen molar-refractivity contribution in [1.29, 1.82) is 0 Å². The first kappa shape index (κ1) is 57.0. The van der Waals surface area contributed by atoms with Crippen molar-refractivity contribution in [3.8, 4) is 0 Å². The normalized spacial score (nSPS) is 14.0. The van der Waals surface area contributed by atoms with Gasteiger partial charge in [-0.2, -0.15) is 0 Å². The van der Waals surface area contributed by atoms with Gasteiger partial charge in [0.1, 0.15) is 0 Å². The molecule has 0 saturated heterocycles. The van der Waals surface area contributed by atoms with Gasteiger partial charge in [0.2, 0.25) is 0 Å². The predicted octanol–water partition coefficient (Wildman–Crippen LogP) is 16.0. The Morgan fingerprint density at radius 1 is 0.397 bits per heavy atom. The zero-order valence-corrected chi connectivity index (χ0v) is 39.4. The molecule has 3 atom stereocenters. The fourth-order valence-corrected chi connectivity index (χ4v) is 8.53. The van der Waals surface area contributed by atoms with Crippen molar-refractivity contribution in [3.05, 3.63) is 12.2 Å². The summed E-state index contributed by atoms with van der Waals surface area (Å²) in [6.45, 7) is 6.78. The first-order chi connectivity index (χ1) is 28.4. The van der Waals surface area contributed by atoms with Gasteiger partial charge in [-0.15, -0.1) is 0 Å². The molecule has 344 valence electrons. The Balaban J connectivity index is 4.66. The zero-order valence-electron chi connectivity index (χ0n) is 39.4. The average molecular weight is 819 g/mol. The zero-order chi connectivity index (χ0) is 42.6. The van der Waals surface area contributed by atoms with Crippen LogP contribution in [0.15, 0.2) is 12.2 Å². The maximum atomic E-state index is 13.6. The molecule has 0 aromatic carbocycles. The van der Waals surface area contributed by atoms with Gasteiger partial charge in [0, 0.05) is 12.8 Å². The van der Waals surface area contributed by atoms with Crippen LogP contribution in [0, 0.1) is 0 Å². The van der Waals surface area contributed by atoms with Crippen molar-refractivity contribution in [2.75, 3.05) is 0 Å². The molecule has 0 radical (unpaired) electrons. The predicted molar refractivity (Wildman–Crippen MR) is 252 cm³/mol. The summed E-state index contributed by atoms with van der Waals surface area (Å²) in [6, 6.07) is 0. The van der Waals surface area contributed by atoms with Crippen molar-refractivity contribution in [2.24, 2.45) is 0 Å². The first-order valence-electron chi connectivity index (χ1n) is 26.2. The molecule has 0 rings (SSSR count). The van der Waals surface area contributed by atoms with Gasteiger partial charge in [0.25, 0.3) is 0 Å². The minimum Gasteiger partial charge on any atom is -0.390 e. The summed E-state index contributed by atoms with van der Waals surface area (Å²) in [5.74, 6) is -1.09.